The molecule has 2 aromatic heterocycles. The molecular formula is C18H17FN4O2S. The number of nitrogens with zero attached hydrogens (tertiary/aromatic N) is 3. The molecule has 1 N–H and O–H groups in total. The summed E-state index contributed by atoms with van der Waals surface area (Å²) in [5, 5.41) is 3.04. The Labute approximate surface area is 152 Å². The number of pyridine rings is 1. The molecule has 8 heteroatoms. The molecule has 0 unspecified atom stereocenters. The van der Waals surface area contributed by atoms with Crippen molar-refractivity contribution < 1.29 is 13.4 Å². The van der Waals surface area contributed by atoms with Crippen LogP contribution >= 0.6 is 0 Å². The summed E-state index contributed by atoms with van der Waals surface area (Å²) in [5.74, 6) is -0.170. The van der Waals surface area contributed by atoms with Crippen molar-refractivity contribution in [1.29, 1.82) is 0 Å². The van der Waals surface area contributed by atoms with Gasteiger partial charge < -0.3 is 9.88 Å². The minimum atomic E-state index is -1.30. The maximum absolute atomic E-state index is 13.3. The lowest BCUT2D eigenvalue weighted by Crippen LogP contribution is -2.07. The number of imidazole rings is 1. The van der Waals surface area contributed by atoms with E-state index in [9.17, 15) is 13.4 Å². The van der Waals surface area contributed by atoms with Crippen molar-refractivity contribution in [3.8, 4) is 22.5 Å². The molecule has 6 nitrogen and oxygen atoms in total. The van der Waals surface area contributed by atoms with Crippen LogP contribution in [0.15, 0.2) is 47.8 Å². The van der Waals surface area contributed by atoms with Crippen molar-refractivity contribution in [2.45, 2.75) is 12.1 Å². The first-order valence-corrected chi connectivity index (χ1v) is 9.32. The molecule has 26 heavy (non-hydrogen) atoms. The largest absolute Gasteiger partial charge is 0.320 e. The molecule has 3 rings (SSSR count). The number of nitrogens with one attached hydrogen (secondary N) is 1. The van der Waals surface area contributed by atoms with Crippen LogP contribution < -0.4 is 5.32 Å². The van der Waals surface area contributed by atoms with Gasteiger partial charge in [-0.2, -0.15) is 0 Å². The average molecular weight is 372 g/mol. The number of amides is 1. The number of hydrogen-bond donors (Lipinski definition) is 1. The molecule has 0 saturated carbocycles. The van der Waals surface area contributed by atoms with Gasteiger partial charge in [-0.25, -0.2) is 14.4 Å². The number of aromatic nitrogens is 3. The van der Waals surface area contributed by atoms with Gasteiger partial charge >= 0.3 is 0 Å². The van der Waals surface area contributed by atoms with Gasteiger partial charge in [-0.1, -0.05) is 0 Å². The van der Waals surface area contributed by atoms with Crippen LogP contribution in [0.2, 0.25) is 0 Å². The van der Waals surface area contributed by atoms with E-state index in [2.05, 4.69) is 15.3 Å². The summed E-state index contributed by atoms with van der Waals surface area (Å²) in [5.41, 5.74) is 2.73. The SMILES string of the molecule is CC(=O)Nc1cc(-c2c(-c3ccc(F)cc3)nc([S@@](C)=O)n2C)ccn1. The number of carbonyl (C=O) groups excluding carboxylic acids is 1. The summed E-state index contributed by atoms with van der Waals surface area (Å²) in [4.78, 5) is 19.9. The Morgan fingerprint density at radius 1 is 1.19 bits per heavy atom. The van der Waals surface area contributed by atoms with E-state index in [0.717, 1.165) is 5.56 Å². The van der Waals surface area contributed by atoms with Gasteiger partial charge in [-0.05, 0) is 36.4 Å². The second kappa shape index (κ2) is 7.17. The number of hydrogen-bond acceptors (Lipinski definition) is 4. The van der Waals surface area contributed by atoms with Crippen LogP contribution in [0.1, 0.15) is 6.92 Å². The van der Waals surface area contributed by atoms with E-state index in [1.54, 1.807) is 48.3 Å². The Morgan fingerprint density at radius 2 is 1.88 bits per heavy atom. The maximum atomic E-state index is 13.3. The predicted molar refractivity (Wildman–Crippen MR) is 98.5 cm³/mol. The molecule has 1 aromatic carbocycles. The Balaban J connectivity index is 2.21. The van der Waals surface area contributed by atoms with Crippen LogP contribution in [0.25, 0.3) is 22.5 Å². The van der Waals surface area contributed by atoms with Gasteiger partial charge in [0, 0.05) is 37.6 Å². The zero-order valence-corrected chi connectivity index (χ0v) is 15.3. The third-order valence-electron chi connectivity index (χ3n) is 3.77. The molecule has 1 amide bonds. The Morgan fingerprint density at radius 3 is 2.50 bits per heavy atom. The van der Waals surface area contributed by atoms with Crippen LogP contribution in [-0.2, 0) is 22.6 Å². The Bertz CT molecular complexity index is 999. The van der Waals surface area contributed by atoms with Crippen molar-refractivity contribution in [2.75, 3.05) is 11.6 Å². The fourth-order valence-electron chi connectivity index (χ4n) is 2.70. The highest BCUT2D eigenvalue weighted by atomic mass is 32.2. The Hall–Kier alpha value is -2.87. The van der Waals surface area contributed by atoms with Crippen LogP contribution in [0.5, 0.6) is 0 Å². The zero-order valence-electron chi connectivity index (χ0n) is 14.5. The van der Waals surface area contributed by atoms with Gasteiger partial charge in [0.1, 0.15) is 11.6 Å². The van der Waals surface area contributed by atoms with Crippen LogP contribution in [-0.4, -0.2) is 30.9 Å². The maximum Gasteiger partial charge on any atom is 0.222 e. The van der Waals surface area contributed by atoms with E-state index < -0.39 is 10.8 Å². The molecule has 0 spiro atoms. The van der Waals surface area contributed by atoms with E-state index in [1.807, 2.05) is 0 Å². The third-order valence-corrected chi connectivity index (χ3v) is 4.65. The van der Waals surface area contributed by atoms with Crippen LogP contribution in [0.3, 0.4) is 0 Å². The molecule has 3 aromatic rings. The average Bonchev–Trinajstić information content (AvgIpc) is 2.93. The zero-order chi connectivity index (χ0) is 18.8. The van der Waals surface area contributed by atoms with Crippen LogP contribution in [0.4, 0.5) is 10.2 Å². The molecule has 0 radical (unpaired) electrons. The normalized spacial score (nSPS) is 12.0. The summed E-state index contributed by atoms with van der Waals surface area (Å²) in [6, 6.07) is 9.45. The summed E-state index contributed by atoms with van der Waals surface area (Å²) < 4.78 is 27.1. The molecule has 1 atom stereocenters. The monoisotopic (exact) mass is 372 g/mol. The van der Waals surface area contributed by atoms with Gasteiger partial charge in [-0.15, -0.1) is 0 Å². The van der Waals surface area contributed by atoms with Gasteiger partial charge in [0.15, 0.2) is 5.16 Å². The van der Waals surface area contributed by atoms with E-state index in [-0.39, 0.29) is 11.7 Å². The first-order chi connectivity index (χ1) is 12.4. The summed E-state index contributed by atoms with van der Waals surface area (Å²) in [6.45, 7) is 1.40. The Kier molecular flexibility index (Phi) is 4.94. The number of benzene rings is 1. The van der Waals surface area contributed by atoms with Crippen molar-refractivity contribution in [3.63, 3.8) is 0 Å². The molecule has 0 bridgehead atoms. The van der Waals surface area contributed by atoms with Crippen molar-refractivity contribution in [2.24, 2.45) is 7.05 Å². The number of anilines is 1. The molecule has 0 saturated heterocycles. The molecule has 0 aliphatic rings. The molecule has 0 aliphatic carbocycles. The lowest BCUT2D eigenvalue weighted by Gasteiger charge is -2.09. The number of carbonyl (C=O) groups is 1. The number of halogens is 1. The summed E-state index contributed by atoms with van der Waals surface area (Å²) >= 11 is 0. The topological polar surface area (TPSA) is 76.9 Å². The first kappa shape index (κ1) is 17.9. The van der Waals surface area contributed by atoms with Crippen molar-refractivity contribution in [1.82, 2.24) is 14.5 Å². The van der Waals surface area contributed by atoms with Gasteiger partial charge in [0.25, 0.3) is 0 Å². The highest BCUT2D eigenvalue weighted by molar-refractivity contribution is 7.84. The van der Waals surface area contributed by atoms with E-state index in [4.69, 9.17) is 0 Å². The minimum Gasteiger partial charge on any atom is -0.320 e. The van der Waals surface area contributed by atoms with Gasteiger partial charge in [0.2, 0.25) is 5.91 Å². The van der Waals surface area contributed by atoms with E-state index >= 15 is 0 Å². The standard InChI is InChI=1S/C18H17FN4O2S/c1-11(24)21-15-10-13(8-9-20-15)17-16(12-4-6-14(19)7-5-12)22-18(23(17)2)26(3)25/h4-10H,1-3H3,(H,20,21,24)/t26-/m1/s1. The lowest BCUT2D eigenvalue weighted by atomic mass is 10.1. The van der Waals surface area contributed by atoms with Crippen LogP contribution in [0, 0.1) is 5.82 Å². The second-order valence-corrected chi connectivity index (χ2v) is 7.00. The van der Waals surface area contributed by atoms with Crippen molar-refractivity contribution in [3.05, 3.63) is 48.4 Å². The highest BCUT2D eigenvalue weighted by Crippen LogP contribution is 2.33. The smallest absolute Gasteiger partial charge is 0.222 e. The van der Waals surface area contributed by atoms with Gasteiger partial charge in [0.05, 0.1) is 22.2 Å². The fourth-order valence-corrected chi connectivity index (χ4v) is 3.40. The van der Waals surface area contributed by atoms with E-state index in [1.165, 1.54) is 19.1 Å². The molecule has 134 valence electrons. The summed E-state index contributed by atoms with van der Waals surface area (Å²) in [7, 11) is 0.464. The molecular weight excluding hydrogens is 355 g/mol. The van der Waals surface area contributed by atoms with Gasteiger partial charge in [-0.3, -0.25) is 9.00 Å². The predicted octanol–water partition coefficient (Wildman–Crippen LogP) is 2.98. The minimum absolute atomic E-state index is 0.228. The summed E-state index contributed by atoms with van der Waals surface area (Å²) in [6.07, 6.45) is 3.13. The van der Waals surface area contributed by atoms with E-state index in [0.29, 0.717) is 27.9 Å². The first-order valence-electron chi connectivity index (χ1n) is 7.77. The number of rotatable bonds is 4. The second-order valence-electron chi connectivity index (χ2n) is 5.72. The quantitative estimate of drug-likeness (QED) is 0.764. The fraction of sp³-hybridized carbons (Fsp3) is 0.167. The lowest BCUT2D eigenvalue weighted by molar-refractivity contribution is -0.114. The van der Waals surface area contributed by atoms with Crippen molar-refractivity contribution >= 4 is 22.5 Å². The third kappa shape index (κ3) is 3.55. The molecule has 0 fully saturated rings. The molecule has 2 heterocycles. The highest BCUT2D eigenvalue weighted by Gasteiger charge is 2.20. The molecule has 0 aliphatic heterocycles.